The lowest BCUT2D eigenvalue weighted by Crippen LogP contribution is -2.32. The molecule has 0 amide bonds. The summed E-state index contributed by atoms with van der Waals surface area (Å²) in [5.74, 6) is 4.20. The molecular formula is C15H34N2S2. The largest absolute Gasteiger partial charge is 0.261 e. The number of hydrogen-bond donors (Lipinski definition) is 2. The van der Waals surface area contributed by atoms with E-state index in [0.717, 1.165) is 23.9 Å². The minimum atomic E-state index is 0.767. The summed E-state index contributed by atoms with van der Waals surface area (Å²) < 4.78 is 6.81. The third kappa shape index (κ3) is 9.22. The molecule has 2 nitrogen and oxygen atoms in total. The number of hydrogen-bond acceptors (Lipinski definition) is 4. The second kappa shape index (κ2) is 12.4. The summed E-state index contributed by atoms with van der Waals surface area (Å²) in [5.41, 5.74) is 0. The van der Waals surface area contributed by atoms with Crippen molar-refractivity contribution in [3.8, 4) is 0 Å². The number of nitrogens with one attached hydrogen (secondary N) is 2. The first-order valence-corrected chi connectivity index (χ1v) is 9.83. The van der Waals surface area contributed by atoms with Gasteiger partial charge in [0.25, 0.3) is 0 Å². The Balaban J connectivity index is 0.000000303. The van der Waals surface area contributed by atoms with Gasteiger partial charge in [-0.1, -0.05) is 65.4 Å². The zero-order chi connectivity index (χ0) is 14.7. The fourth-order valence-corrected chi connectivity index (χ4v) is 4.08. The second-order valence-corrected chi connectivity index (χ2v) is 7.43. The third-order valence-corrected chi connectivity index (χ3v) is 5.24. The van der Waals surface area contributed by atoms with E-state index in [1.54, 1.807) is 0 Å². The quantitative estimate of drug-likeness (QED) is 0.721. The Kier molecular flexibility index (Phi) is 12.8. The fourth-order valence-electron chi connectivity index (χ4n) is 1.95. The van der Waals surface area contributed by atoms with Gasteiger partial charge in [-0.15, -0.1) is 0 Å². The highest BCUT2D eigenvalue weighted by atomic mass is 32.2. The van der Waals surface area contributed by atoms with E-state index >= 15 is 0 Å². The highest BCUT2D eigenvalue weighted by Crippen LogP contribution is 2.19. The van der Waals surface area contributed by atoms with Gasteiger partial charge in [0.15, 0.2) is 0 Å². The van der Waals surface area contributed by atoms with Crippen molar-refractivity contribution in [3.63, 3.8) is 0 Å². The maximum absolute atomic E-state index is 3.44. The van der Waals surface area contributed by atoms with Crippen LogP contribution in [0, 0.1) is 11.8 Å². The molecule has 0 radical (unpaired) electrons. The van der Waals surface area contributed by atoms with Gasteiger partial charge in [0, 0.05) is 23.6 Å². The molecule has 2 aliphatic heterocycles. The van der Waals surface area contributed by atoms with Crippen molar-refractivity contribution in [2.24, 2.45) is 11.8 Å². The Labute approximate surface area is 129 Å². The average molecular weight is 307 g/mol. The molecule has 0 aromatic carbocycles. The zero-order valence-electron chi connectivity index (χ0n) is 13.7. The summed E-state index contributed by atoms with van der Waals surface area (Å²) in [6, 6.07) is 1.55. The van der Waals surface area contributed by atoms with Crippen LogP contribution in [-0.4, -0.2) is 23.6 Å². The summed E-state index contributed by atoms with van der Waals surface area (Å²) in [7, 11) is 0. The van der Waals surface area contributed by atoms with Crippen molar-refractivity contribution in [1.29, 1.82) is 0 Å². The average Bonchev–Trinajstić information content (AvgIpc) is 2.97. The molecule has 0 saturated carbocycles. The van der Waals surface area contributed by atoms with Gasteiger partial charge in [0.1, 0.15) is 0 Å². The molecule has 2 N–H and O–H groups in total. The van der Waals surface area contributed by atoms with E-state index in [9.17, 15) is 0 Å². The zero-order valence-corrected chi connectivity index (χ0v) is 15.3. The predicted octanol–water partition coefficient (Wildman–Crippen LogP) is 4.72. The van der Waals surface area contributed by atoms with Crippen molar-refractivity contribution >= 4 is 23.9 Å². The molecule has 0 aromatic rings. The first kappa shape index (κ1) is 19.6. The highest BCUT2D eigenvalue weighted by Gasteiger charge is 2.17. The van der Waals surface area contributed by atoms with E-state index < -0.39 is 0 Å². The lowest BCUT2D eigenvalue weighted by Gasteiger charge is -2.25. The van der Waals surface area contributed by atoms with Crippen LogP contribution in [0.3, 0.4) is 0 Å². The van der Waals surface area contributed by atoms with Crippen molar-refractivity contribution in [3.05, 3.63) is 0 Å². The molecule has 2 unspecified atom stereocenters. The Morgan fingerprint density at radius 1 is 0.789 bits per heavy atom. The van der Waals surface area contributed by atoms with Crippen LogP contribution in [0.5, 0.6) is 0 Å². The molecule has 2 aliphatic rings. The van der Waals surface area contributed by atoms with Gasteiger partial charge in [-0.3, -0.25) is 9.44 Å². The van der Waals surface area contributed by atoms with Crippen LogP contribution in [0.1, 0.15) is 60.8 Å². The van der Waals surface area contributed by atoms with E-state index in [1.165, 1.54) is 30.8 Å². The molecule has 0 bridgehead atoms. The van der Waals surface area contributed by atoms with Gasteiger partial charge in [-0.05, 0) is 31.1 Å². The van der Waals surface area contributed by atoms with Crippen molar-refractivity contribution in [2.45, 2.75) is 72.9 Å². The predicted molar refractivity (Wildman–Crippen MR) is 93.6 cm³/mol. The molecule has 2 saturated heterocycles. The van der Waals surface area contributed by atoms with E-state index in [0.29, 0.717) is 0 Å². The van der Waals surface area contributed by atoms with Crippen LogP contribution in [0.15, 0.2) is 0 Å². The summed E-state index contributed by atoms with van der Waals surface area (Å²) in [6.07, 6.45) is 4.10. The van der Waals surface area contributed by atoms with Gasteiger partial charge >= 0.3 is 0 Å². The Morgan fingerprint density at radius 3 is 1.53 bits per heavy atom. The molecule has 2 heterocycles. The summed E-state index contributed by atoms with van der Waals surface area (Å²) in [4.78, 5) is 0. The molecule has 0 aliphatic carbocycles. The molecule has 4 heteroatoms. The van der Waals surface area contributed by atoms with Crippen molar-refractivity contribution in [2.75, 3.05) is 11.5 Å². The molecular weight excluding hydrogens is 272 g/mol. The summed E-state index contributed by atoms with van der Waals surface area (Å²) in [5, 5.41) is 0. The van der Waals surface area contributed by atoms with Crippen molar-refractivity contribution in [1.82, 2.24) is 9.44 Å². The Hall–Kier alpha value is 0.620. The molecule has 2 fully saturated rings. The van der Waals surface area contributed by atoms with Crippen LogP contribution in [0.25, 0.3) is 0 Å². The van der Waals surface area contributed by atoms with Gasteiger partial charge in [-0.2, -0.15) is 0 Å². The number of rotatable bonds is 2. The fraction of sp³-hybridized carbons (Fsp3) is 1.00. The van der Waals surface area contributed by atoms with E-state index in [4.69, 9.17) is 0 Å². The van der Waals surface area contributed by atoms with Gasteiger partial charge in [-0.25, -0.2) is 0 Å². The van der Waals surface area contributed by atoms with E-state index in [2.05, 4.69) is 37.1 Å². The summed E-state index contributed by atoms with van der Waals surface area (Å²) >= 11 is 3.74. The summed E-state index contributed by atoms with van der Waals surface area (Å²) in [6.45, 7) is 13.1. The Morgan fingerprint density at radius 2 is 1.26 bits per heavy atom. The minimum absolute atomic E-state index is 0.767. The molecule has 2 rings (SSSR count). The minimum Gasteiger partial charge on any atom is -0.261 e. The lowest BCUT2D eigenvalue weighted by molar-refractivity contribution is 0.427. The van der Waals surface area contributed by atoms with E-state index in [1.807, 2.05) is 37.7 Å². The third-order valence-electron chi connectivity index (χ3n) is 3.37. The first-order valence-electron chi connectivity index (χ1n) is 7.86. The molecule has 2 atom stereocenters. The normalized spacial score (nSPS) is 26.5. The first-order chi connectivity index (χ1) is 9.11. The molecule has 0 aromatic heterocycles. The molecule has 0 spiro atoms. The maximum atomic E-state index is 3.44. The topological polar surface area (TPSA) is 24.1 Å². The SMILES string of the molecule is CC.CC(C)C1CCCSN1.CC(C)C1CCSN1. The molecule has 19 heavy (non-hydrogen) atoms. The second-order valence-electron chi connectivity index (χ2n) is 5.56. The smallest absolute Gasteiger partial charge is 0.0203 e. The van der Waals surface area contributed by atoms with Gasteiger partial charge in [0.2, 0.25) is 0 Å². The molecule has 116 valence electrons. The van der Waals surface area contributed by atoms with Crippen LogP contribution < -0.4 is 9.44 Å². The van der Waals surface area contributed by atoms with Crippen LogP contribution in [0.2, 0.25) is 0 Å². The van der Waals surface area contributed by atoms with Crippen LogP contribution >= 0.6 is 23.9 Å². The van der Waals surface area contributed by atoms with Crippen LogP contribution in [-0.2, 0) is 0 Å². The van der Waals surface area contributed by atoms with Crippen LogP contribution in [0.4, 0.5) is 0 Å². The lowest BCUT2D eigenvalue weighted by atomic mass is 10.0. The van der Waals surface area contributed by atoms with Crippen molar-refractivity contribution < 1.29 is 0 Å². The van der Waals surface area contributed by atoms with Gasteiger partial charge < -0.3 is 0 Å². The highest BCUT2D eigenvalue weighted by molar-refractivity contribution is 7.97. The maximum Gasteiger partial charge on any atom is 0.0203 e. The van der Waals surface area contributed by atoms with Gasteiger partial charge in [0.05, 0.1) is 0 Å². The standard InChI is InChI=1S/C7H15NS.C6H13NS.C2H6/c1-6(2)7-4-3-5-9-8-7;1-5(2)6-3-4-8-7-6;1-2/h6-8H,3-5H2,1-2H3;5-7H,3-4H2,1-2H3;1-2H3. The Bertz CT molecular complexity index is 187. The van der Waals surface area contributed by atoms with E-state index in [-0.39, 0.29) is 0 Å². The monoisotopic (exact) mass is 306 g/mol.